The van der Waals surface area contributed by atoms with E-state index in [1.54, 1.807) is 0 Å². The van der Waals surface area contributed by atoms with Crippen molar-refractivity contribution in [3.8, 4) is 0 Å². The molecule has 0 aromatic carbocycles. The van der Waals surface area contributed by atoms with Crippen LogP contribution in [-0.4, -0.2) is 50.1 Å². The number of piperidine rings is 1. The number of hydrogen-bond donors (Lipinski definition) is 2. The lowest BCUT2D eigenvalue weighted by Crippen LogP contribution is -2.49. The fourth-order valence-electron chi connectivity index (χ4n) is 2.21. The number of carbonyl (C=O) groups is 1. The van der Waals surface area contributed by atoms with E-state index in [1.165, 1.54) is 0 Å². The zero-order chi connectivity index (χ0) is 12.0. The summed E-state index contributed by atoms with van der Waals surface area (Å²) in [5.74, 6) is 0.741. The fraction of sp³-hybridized carbons (Fsp3) is 0.917. The lowest BCUT2D eigenvalue weighted by molar-refractivity contribution is -0.120. The molecule has 0 aliphatic carbocycles. The van der Waals surface area contributed by atoms with Crippen LogP contribution in [0.25, 0.3) is 0 Å². The van der Waals surface area contributed by atoms with E-state index in [4.69, 9.17) is 0 Å². The number of amides is 1. The Labute approximate surface area is 98.8 Å². The molecule has 1 rings (SSSR count). The van der Waals surface area contributed by atoms with Gasteiger partial charge in [-0.15, -0.1) is 0 Å². The molecule has 1 aliphatic heterocycles. The van der Waals surface area contributed by atoms with Crippen LogP contribution in [0.2, 0.25) is 0 Å². The zero-order valence-corrected chi connectivity index (χ0v) is 10.8. The summed E-state index contributed by atoms with van der Waals surface area (Å²) in [6.07, 6.45) is 2.13. The monoisotopic (exact) mass is 227 g/mol. The highest BCUT2D eigenvalue weighted by Crippen LogP contribution is 2.14. The molecule has 0 saturated carbocycles. The van der Waals surface area contributed by atoms with Crippen molar-refractivity contribution in [1.82, 2.24) is 15.5 Å². The Morgan fingerprint density at radius 1 is 1.50 bits per heavy atom. The van der Waals surface area contributed by atoms with E-state index in [0.29, 0.717) is 18.5 Å². The van der Waals surface area contributed by atoms with Crippen molar-refractivity contribution >= 4 is 5.91 Å². The van der Waals surface area contributed by atoms with E-state index in [0.717, 1.165) is 32.5 Å². The number of likely N-dealkylation sites (tertiary alicyclic amines) is 1. The quantitative estimate of drug-likeness (QED) is 0.716. The molecule has 0 aromatic heterocycles. The fourth-order valence-corrected chi connectivity index (χ4v) is 2.21. The molecule has 0 aromatic rings. The van der Waals surface area contributed by atoms with Crippen molar-refractivity contribution in [2.75, 3.05) is 33.2 Å². The van der Waals surface area contributed by atoms with Gasteiger partial charge in [-0.25, -0.2) is 0 Å². The molecule has 1 fully saturated rings. The average molecular weight is 227 g/mol. The second-order valence-corrected chi connectivity index (χ2v) is 4.87. The van der Waals surface area contributed by atoms with E-state index in [9.17, 15) is 4.79 Å². The summed E-state index contributed by atoms with van der Waals surface area (Å²) in [6, 6.07) is 0.489. The third-order valence-electron chi connectivity index (χ3n) is 3.21. The Morgan fingerprint density at radius 3 is 2.88 bits per heavy atom. The van der Waals surface area contributed by atoms with Crippen LogP contribution in [0.15, 0.2) is 0 Å². The Bertz CT molecular complexity index is 220. The lowest BCUT2D eigenvalue weighted by atomic mass is 9.94. The van der Waals surface area contributed by atoms with Crippen LogP contribution < -0.4 is 10.6 Å². The predicted octanol–water partition coefficient (Wildman–Crippen LogP) is 0.442. The minimum absolute atomic E-state index is 0.118. The number of nitrogens with one attached hydrogen (secondary N) is 2. The van der Waals surface area contributed by atoms with E-state index in [1.807, 2.05) is 0 Å². The second-order valence-electron chi connectivity index (χ2n) is 4.87. The van der Waals surface area contributed by atoms with Gasteiger partial charge >= 0.3 is 0 Å². The normalized spacial score (nSPS) is 26.7. The van der Waals surface area contributed by atoms with Gasteiger partial charge in [-0.2, -0.15) is 0 Å². The smallest absolute Gasteiger partial charge is 0.233 e. The lowest BCUT2D eigenvalue weighted by Gasteiger charge is -2.35. The maximum Gasteiger partial charge on any atom is 0.233 e. The molecule has 1 saturated heterocycles. The Kier molecular flexibility index (Phi) is 5.77. The van der Waals surface area contributed by atoms with E-state index in [-0.39, 0.29) is 5.91 Å². The molecule has 94 valence electrons. The van der Waals surface area contributed by atoms with Crippen LogP contribution >= 0.6 is 0 Å². The van der Waals surface area contributed by atoms with Crippen molar-refractivity contribution in [2.24, 2.45) is 5.92 Å². The van der Waals surface area contributed by atoms with E-state index < -0.39 is 0 Å². The van der Waals surface area contributed by atoms with Crippen LogP contribution in [0.4, 0.5) is 0 Å². The molecule has 0 bridgehead atoms. The second kappa shape index (κ2) is 6.86. The van der Waals surface area contributed by atoms with Gasteiger partial charge in [-0.3, -0.25) is 4.79 Å². The van der Waals surface area contributed by atoms with Gasteiger partial charge in [0.05, 0.1) is 6.54 Å². The molecule has 1 aliphatic rings. The maximum atomic E-state index is 11.4. The van der Waals surface area contributed by atoms with Crippen molar-refractivity contribution in [3.63, 3.8) is 0 Å². The standard InChI is InChI=1S/C12H25N3O/c1-4-6-13-12(16)8-14-11-5-7-15(3)9-10(11)2/h10-11,14H,4-9H2,1-3H3,(H,13,16). The third kappa shape index (κ3) is 4.49. The molecule has 2 N–H and O–H groups in total. The molecular formula is C12H25N3O. The first-order valence-electron chi connectivity index (χ1n) is 6.32. The largest absolute Gasteiger partial charge is 0.355 e. The SMILES string of the molecule is CCCNC(=O)CNC1CCN(C)CC1C. The Balaban J connectivity index is 2.19. The molecule has 1 heterocycles. The van der Waals surface area contributed by atoms with Gasteiger partial charge in [0.15, 0.2) is 0 Å². The summed E-state index contributed by atoms with van der Waals surface area (Å²) in [5, 5.41) is 6.25. The molecule has 1 amide bonds. The molecule has 4 nitrogen and oxygen atoms in total. The molecule has 0 spiro atoms. The highest BCUT2D eigenvalue weighted by molar-refractivity contribution is 5.77. The third-order valence-corrected chi connectivity index (χ3v) is 3.21. The Morgan fingerprint density at radius 2 is 2.25 bits per heavy atom. The minimum Gasteiger partial charge on any atom is -0.355 e. The average Bonchev–Trinajstić information content (AvgIpc) is 2.25. The van der Waals surface area contributed by atoms with Crippen molar-refractivity contribution in [2.45, 2.75) is 32.7 Å². The molecule has 16 heavy (non-hydrogen) atoms. The van der Waals surface area contributed by atoms with E-state index >= 15 is 0 Å². The van der Waals surface area contributed by atoms with Crippen LogP contribution in [0.3, 0.4) is 0 Å². The number of carbonyl (C=O) groups excluding carboxylic acids is 1. The first kappa shape index (κ1) is 13.5. The van der Waals surface area contributed by atoms with Crippen LogP contribution in [0.5, 0.6) is 0 Å². The first-order chi connectivity index (χ1) is 7.63. The van der Waals surface area contributed by atoms with Crippen LogP contribution in [0, 0.1) is 5.92 Å². The molecule has 0 radical (unpaired) electrons. The predicted molar refractivity (Wildman–Crippen MR) is 66.4 cm³/mol. The molecule has 2 unspecified atom stereocenters. The van der Waals surface area contributed by atoms with Crippen molar-refractivity contribution in [1.29, 1.82) is 0 Å². The van der Waals surface area contributed by atoms with Crippen molar-refractivity contribution in [3.05, 3.63) is 0 Å². The summed E-state index contributed by atoms with van der Waals surface area (Å²) in [4.78, 5) is 13.8. The summed E-state index contributed by atoms with van der Waals surface area (Å²) in [7, 11) is 2.15. The Hall–Kier alpha value is -0.610. The number of rotatable bonds is 5. The van der Waals surface area contributed by atoms with Crippen LogP contribution in [0.1, 0.15) is 26.7 Å². The maximum absolute atomic E-state index is 11.4. The summed E-state index contributed by atoms with van der Waals surface area (Å²) < 4.78 is 0. The van der Waals surface area contributed by atoms with Crippen molar-refractivity contribution < 1.29 is 4.79 Å². The molecular weight excluding hydrogens is 202 g/mol. The summed E-state index contributed by atoms with van der Waals surface area (Å²) in [6.45, 7) is 7.79. The highest BCUT2D eigenvalue weighted by atomic mass is 16.1. The van der Waals surface area contributed by atoms with E-state index in [2.05, 4.69) is 36.4 Å². The van der Waals surface area contributed by atoms with Gasteiger partial charge in [0.2, 0.25) is 5.91 Å². The van der Waals surface area contributed by atoms with Crippen LogP contribution in [-0.2, 0) is 4.79 Å². The number of nitrogens with zero attached hydrogens (tertiary/aromatic N) is 1. The highest BCUT2D eigenvalue weighted by Gasteiger charge is 2.23. The summed E-state index contributed by atoms with van der Waals surface area (Å²) in [5.41, 5.74) is 0. The first-order valence-corrected chi connectivity index (χ1v) is 6.32. The molecule has 2 atom stereocenters. The molecule has 4 heteroatoms. The number of hydrogen-bond acceptors (Lipinski definition) is 3. The van der Waals surface area contributed by atoms with Gasteiger partial charge in [0, 0.05) is 19.1 Å². The van der Waals surface area contributed by atoms with Gasteiger partial charge in [0.25, 0.3) is 0 Å². The minimum atomic E-state index is 0.118. The van der Waals surface area contributed by atoms with Gasteiger partial charge in [-0.1, -0.05) is 13.8 Å². The topological polar surface area (TPSA) is 44.4 Å². The summed E-state index contributed by atoms with van der Waals surface area (Å²) >= 11 is 0. The van der Waals surface area contributed by atoms with Gasteiger partial charge in [-0.05, 0) is 32.4 Å². The van der Waals surface area contributed by atoms with Gasteiger partial charge < -0.3 is 15.5 Å². The van der Waals surface area contributed by atoms with Gasteiger partial charge in [0.1, 0.15) is 0 Å². The zero-order valence-electron chi connectivity index (χ0n) is 10.8.